The van der Waals surface area contributed by atoms with Crippen LogP contribution in [-0.2, 0) is 33.3 Å². The lowest BCUT2D eigenvalue weighted by atomic mass is 9.88. The maximum Gasteiger partial charge on any atom is 0.326 e. The number of benzene rings is 1. The van der Waals surface area contributed by atoms with E-state index >= 15 is 0 Å². The van der Waals surface area contributed by atoms with Crippen molar-refractivity contribution in [2.45, 2.75) is 112 Å². The summed E-state index contributed by atoms with van der Waals surface area (Å²) in [6.45, 7) is 19.4. The average molecular weight is 571 g/mol. The first kappa shape index (κ1) is 36.9. The predicted octanol–water partition coefficient (Wildman–Crippen LogP) is 7.29. The molecule has 1 aromatic carbocycles. The van der Waals surface area contributed by atoms with E-state index in [0.29, 0.717) is 25.4 Å². The van der Waals surface area contributed by atoms with Crippen LogP contribution in [0.4, 0.5) is 0 Å². The summed E-state index contributed by atoms with van der Waals surface area (Å²) in [5.41, 5.74) is 0.876. The van der Waals surface area contributed by atoms with Crippen molar-refractivity contribution >= 4 is 29.5 Å². The van der Waals surface area contributed by atoms with Gasteiger partial charge in [-0.3, -0.25) is 14.4 Å². The molecule has 1 aromatic rings. The van der Waals surface area contributed by atoms with E-state index in [4.69, 9.17) is 25.8 Å². The van der Waals surface area contributed by atoms with Gasteiger partial charge >= 0.3 is 17.9 Å². The van der Waals surface area contributed by atoms with Gasteiger partial charge in [0.1, 0.15) is 4.87 Å². The van der Waals surface area contributed by atoms with Crippen LogP contribution in [0, 0.1) is 17.3 Å². The molecule has 2 rings (SSSR count). The average Bonchev–Trinajstić information content (AvgIpc) is 2.92. The van der Waals surface area contributed by atoms with Gasteiger partial charge in [-0.05, 0) is 57.4 Å². The van der Waals surface area contributed by atoms with E-state index in [1.807, 2.05) is 41.5 Å². The third-order valence-corrected chi connectivity index (χ3v) is 7.85. The smallest absolute Gasteiger partial charge is 0.326 e. The van der Waals surface area contributed by atoms with Crippen LogP contribution in [0.25, 0.3) is 0 Å². The molecule has 0 N–H and O–H groups in total. The molecule has 8 heteroatoms. The topological polar surface area (TPSA) is 88.1 Å². The summed E-state index contributed by atoms with van der Waals surface area (Å²) in [5, 5.41) is 0. The lowest BCUT2D eigenvalue weighted by Gasteiger charge is -2.39. The SMILES string of the molecule is CCC(C)(C)C(=O)OC1OCC(C)C(C)C1OC(C)=O.CCC(C)(Cl)C(=O)OC.CCC(C)c1ccccc1. The van der Waals surface area contributed by atoms with Gasteiger partial charge in [0.15, 0.2) is 6.10 Å². The number of carbonyl (C=O) groups is 3. The standard InChI is InChI=1S/C15H26O5.C10H14.C6H11ClO2/c1-7-15(5,6)14(17)20-13-12(19-11(4)16)10(3)9(2)8-18-13;1-3-9(2)10-7-5-4-6-8-10;1-4-6(2,7)5(8)9-3/h9-10,12-13H,7-8H2,1-6H3;4-9H,3H2,1-2H3;4H2,1-3H3. The zero-order chi connectivity index (χ0) is 30.4. The van der Waals surface area contributed by atoms with Crippen molar-refractivity contribution in [2.24, 2.45) is 17.3 Å². The molecule has 1 heterocycles. The van der Waals surface area contributed by atoms with Crippen LogP contribution in [0.1, 0.15) is 100.0 Å². The lowest BCUT2D eigenvalue weighted by molar-refractivity contribution is -0.249. The van der Waals surface area contributed by atoms with Crippen molar-refractivity contribution < 1.29 is 33.3 Å². The summed E-state index contributed by atoms with van der Waals surface area (Å²) in [5.74, 6) is -0.0594. The number of hydrogen-bond donors (Lipinski definition) is 0. The zero-order valence-electron chi connectivity index (χ0n) is 25.8. The van der Waals surface area contributed by atoms with Crippen LogP contribution in [0.15, 0.2) is 30.3 Å². The molecule has 1 fully saturated rings. The minimum Gasteiger partial charge on any atom is -0.468 e. The molecule has 6 unspecified atom stereocenters. The van der Waals surface area contributed by atoms with Gasteiger partial charge in [0.2, 0.25) is 6.29 Å². The molecule has 0 aliphatic carbocycles. The van der Waals surface area contributed by atoms with E-state index in [-0.39, 0.29) is 23.8 Å². The Morgan fingerprint density at radius 2 is 1.56 bits per heavy atom. The highest BCUT2D eigenvalue weighted by atomic mass is 35.5. The van der Waals surface area contributed by atoms with E-state index in [9.17, 15) is 14.4 Å². The fourth-order valence-corrected chi connectivity index (χ4v) is 3.38. The largest absolute Gasteiger partial charge is 0.468 e. The van der Waals surface area contributed by atoms with Gasteiger partial charge < -0.3 is 18.9 Å². The molecule has 0 amide bonds. The Kier molecular flexibility index (Phi) is 16.6. The molecule has 224 valence electrons. The summed E-state index contributed by atoms with van der Waals surface area (Å²) in [6.07, 6.45) is 1.12. The highest BCUT2D eigenvalue weighted by Gasteiger charge is 2.42. The highest BCUT2D eigenvalue weighted by Crippen LogP contribution is 2.31. The van der Waals surface area contributed by atoms with Gasteiger partial charge in [-0.15, -0.1) is 11.6 Å². The lowest BCUT2D eigenvalue weighted by Crippen LogP contribution is -2.49. The van der Waals surface area contributed by atoms with Gasteiger partial charge in [0, 0.05) is 12.8 Å². The normalized spacial score (nSPS) is 22.9. The molecule has 1 aliphatic rings. The summed E-state index contributed by atoms with van der Waals surface area (Å²) in [7, 11) is 1.33. The molecule has 0 radical (unpaired) electrons. The number of ether oxygens (including phenoxy) is 4. The molecule has 1 saturated heterocycles. The second-order valence-electron chi connectivity index (χ2n) is 11.0. The Bertz CT molecular complexity index is 869. The van der Waals surface area contributed by atoms with Gasteiger partial charge in [-0.1, -0.05) is 71.9 Å². The minimum absolute atomic E-state index is 0.0789. The third-order valence-electron chi connectivity index (χ3n) is 7.43. The molecular formula is C31H51ClO7. The second kappa shape index (κ2) is 17.5. The molecular weight excluding hydrogens is 520 g/mol. The van der Waals surface area contributed by atoms with Crippen LogP contribution < -0.4 is 0 Å². The fraction of sp³-hybridized carbons (Fsp3) is 0.710. The number of esters is 3. The molecule has 7 nitrogen and oxygen atoms in total. The van der Waals surface area contributed by atoms with Crippen LogP contribution in [-0.4, -0.2) is 48.9 Å². The van der Waals surface area contributed by atoms with Crippen molar-refractivity contribution in [1.82, 2.24) is 0 Å². The number of hydrogen-bond acceptors (Lipinski definition) is 7. The molecule has 0 bridgehead atoms. The number of halogens is 1. The quantitative estimate of drug-likeness (QED) is 0.184. The summed E-state index contributed by atoms with van der Waals surface area (Å²) in [6, 6.07) is 10.6. The maximum atomic E-state index is 12.1. The molecule has 1 aliphatic heterocycles. The predicted molar refractivity (Wildman–Crippen MR) is 155 cm³/mol. The van der Waals surface area contributed by atoms with E-state index < -0.39 is 28.7 Å². The summed E-state index contributed by atoms with van der Waals surface area (Å²) >= 11 is 5.70. The van der Waals surface area contributed by atoms with Crippen LogP contribution in [0.5, 0.6) is 0 Å². The van der Waals surface area contributed by atoms with E-state index in [0.717, 1.165) is 0 Å². The van der Waals surface area contributed by atoms with Gasteiger partial charge in [0.05, 0.1) is 19.1 Å². The first-order valence-electron chi connectivity index (χ1n) is 13.9. The number of rotatable bonds is 8. The van der Waals surface area contributed by atoms with Gasteiger partial charge in [0.25, 0.3) is 0 Å². The van der Waals surface area contributed by atoms with Crippen LogP contribution in [0.2, 0.25) is 0 Å². The number of alkyl halides is 1. The Morgan fingerprint density at radius 1 is 1.00 bits per heavy atom. The monoisotopic (exact) mass is 570 g/mol. The maximum absolute atomic E-state index is 12.1. The van der Waals surface area contributed by atoms with Crippen LogP contribution in [0.3, 0.4) is 0 Å². The molecule has 6 atom stereocenters. The van der Waals surface area contributed by atoms with Crippen molar-refractivity contribution in [2.75, 3.05) is 13.7 Å². The van der Waals surface area contributed by atoms with Crippen molar-refractivity contribution in [3.8, 4) is 0 Å². The molecule has 39 heavy (non-hydrogen) atoms. The number of methoxy groups -OCH3 is 1. The van der Waals surface area contributed by atoms with E-state index in [1.54, 1.807) is 6.92 Å². The Morgan fingerprint density at radius 3 is 1.97 bits per heavy atom. The Labute approximate surface area is 241 Å². The summed E-state index contributed by atoms with van der Waals surface area (Å²) in [4.78, 5) is 33.2. The third kappa shape index (κ3) is 12.7. The first-order chi connectivity index (χ1) is 18.1. The fourth-order valence-electron chi connectivity index (χ4n) is 3.30. The summed E-state index contributed by atoms with van der Waals surface area (Å²) < 4.78 is 20.7. The highest BCUT2D eigenvalue weighted by molar-refractivity contribution is 6.33. The van der Waals surface area contributed by atoms with E-state index in [1.165, 1.54) is 26.0 Å². The van der Waals surface area contributed by atoms with Crippen LogP contribution >= 0.6 is 11.6 Å². The minimum atomic E-state index is -0.839. The van der Waals surface area contributed by atoms with Crippen molar-refractivity contribution in [3.63, 3.8) is 0 Å². The molecule has 0 spiro atoms. The molecule has 0 aromatic heterocycles. The Balaban J connectivity index is 0.000000632. The molecule has 0 saturated carbocycles. The van der Waals surface area contributed by atoms with Gasteiger partial charge in [-0.2, -0.15) is 0 Å². The number of carbonyl (C=O) groups excluding carboxylic acids is 3. The van der Waals surface area contributed by atoms with E-state index in [2.05, 4.69) is 48.9 Å². The first-order valence-corrected chi connectivity index (χ1v) is 14.3. The van der Waals surface area contributed by atoms with Gasteiger partial charge in [-0.25, -0.2) is 0 Å². The van der Waals surface area contributed by atoms with Crippen molar-refractivity contribution in [1.29, 1.82) is 0 Å². The Hall–Kier alpha value is -2.12. The van der Waals surface area contributed by atoms with Crippen molar-refractivity contribution in [3.05, 3.63) is 35.9 Å². The zero-order valence-corrected chi connectivity index (χ0v) is 26.6. The second-order valence-corrected chi connectivity index (χ2v) is 11.9.